The zero-order valence-corrected chi connectivity index (χ0v) is 16.6. The number of hydrogen-bond acceptors (Lipinski definition) is 4. The van der Waals surface area contributed by atoms with Crippen molar-refractivity contribution >= 4 is 5.91 Å². The van der Waals surface area contributed by atoms with Gasteiger partial charge in [0.05, 0.1) is 6.54 Å². The summed E-state index contributed by atoms with van der Waals surface area (Å²) >= 11 is 0. The Hall–Kier alpha value is -2.28. The monoisotopic (exact) mass is 391 g/mol. The van der Waals surface area contributed by atoms with E-state index < -0.39 is 11.6 Å². The highest BCUT2D eigenvalue weighted by Crippen LogP contribution is 2.21. The predicted octanol–water partition coefficient (Wildman–Crippen LogP) is 4.24. The Morgan fingerprint density at radius 2 is 1.93 bits per heavy atom. The summed E-state index contributed by atoms with van der Waals surface area (Å²) in [5.41, 5.74) is 0.718. The van der Waals surface area contributed by atoms with E-state index in [0.717, 1.165) is 32.0 Å². The second-order valence-electron chi connectivity index (χ2n) is 7.75. The fraction of sp³-hybridized carbons (Fsp3) is 0.524. The molecule has 1 aliphatic rings. The minimum atomic E-state index is -0.595. The van der Waals surface area contributed by atoms with Crippen molar-refractivity contribution in [1.82, 2.24) is 14.8 Å². The molecule has 1 amide bonds. The molecule has 1 unspecified atom stereocenters. The maximum absolute atomic E-state index is 14.1. The van der Waals surface area contributed by atoms with Gasteiger partial charge in [-0.2, -0.15) is 0 Å². The van der Waals surface area contributed by atoms with Crippen molar-refractivity contribution in [1.29, 1.82) is 0 Å². The second kappa shape index (κ2) is 8.82. The molecule has 1 saturated heterocycles. The van der Waals surface area contributed by atoms with E-state index in [0.29, 0.717) is 36.2 Å². The first-order valence-electron chi connectivity index (χ1n) is 9.77. The first-order valence-corrected chi connectivity index (χ1v) is 9.77. The summed E-state index contributed by atoms with van der Waals surface area (Å²) < 4.78 is 32.9. The van der Waals surface area contributed by atoms with E-state index in [4.69, 9.17) is 4.42 Å². The molecule has 1 aliphatic heterocycles. The van der Waals surface area contributed by atoms with Gasteiger partial charge >= 0.3 is 0 Å². The Kier molecular flexibility index (Phi) is 6.44. The van der Waals surface area contributed by atoms with Gasteiger partial charge in [0.25, 0.3) is 5.91 Å². The van der Waals surface area contributed by atoms with Crippen LogP contribution in [0.5, 0.6) is 0 Å². The summed E-state index contributed by atoms with van der Waals surface area (Å²) in [6.07, 6.45) is 3.42. The molecule has 152 valence electrons. The maximum atomic E-state index is 14.1. The van der Waals surface area contributed by atoms with E-state index in [9.17, 15) is 13.6 Å². The van der Waals surface area contributed by atoms with Crippen molar-refractivity contribution in [3.63, 3.8) is 0 Å². The predicted molar refractivity (Wildman–Crippen MR) is 102 cm³/mol. The van der Waals surface area contributed by atoms with Gasteiger partial charge in [-0.1, -0.05) is 19.9 Å². The van der Waals surface area contributed by atoms with Crippen LogP contribution in [0.3, 0.4) is 0 Å². The molecule has 2 aromatic rings. The van der Waals surface area contributed by atoms with Crippen LogP contribution >= 0.6 is 0 Å². The number of nitrogens with zero attached hydrogens (tertiary/aromatic N) is 3. The van der Waals surface area contributed by atoms with Crippen LogP contribution in [0.25, 0.3) is 0 Å². The summed E-state index contributed by atoms with van der Waals surface area (Å²) in [6, 6.07) is 3.72. The Labute approximate surface area is 164 Å². The molecule has 0 aliphatic carbocycles. The van der Waals surface area contributed by atoms with Crippen LogP contribution in [0.4, 0.5) is 8.78 Å². The van der Waals surface area contributed by atoms with Crippen LogP contribution in [0.2, 0.25) is 0 Å². The average Bonchev–Trinajstić information content (AvgIpc) is 3.34. The number of carbonyl (C=O) groups is 1. The van der Waals surface area contributed by atoms with Gasteiger partial charge in [0.2, 0.25) is 5.89 Å². The van der Waals surface area contributed by atoms with Crippen LogP contribution in [-0.4, -0.2) is 39.8 Å². The highest BCUT2D eigenvalue weighted by molar-refractivity contribution is 5.92. The summed E-state index contributed by atoms with van der Waals surface area (Å²) in [5, 5.41) is 0. The van der Waals surface area contributed by atoms with Crippen LogP contribution in [0.1, 0.15) is 55.6 Å². The molecule has 1 aromatic carbocycles. The van der Waals surface area contributed by atoms with Gasteiger partial charge in [0.1, 0.15) is 17.9 Å². The number of carbonyl (C=O) groups excluding carboxylic acids is 1. The number of likely N-dealkylation sites (tertiary alicyclic amines) is 1. The van der Waals surface area contributed by atoms with Gasteiger partial charge in [0, 0.05) is 37.3 Å². The SMILES string of the molecule is CC(C)C(C)N(Cc1nc(C(=O)N2CCCC2)co1)Cc1ccc(F)cc1F. The lowest BCUT2D eigenvalue weighted by Gasteiger charge is -2.31. The smallest absolute Gasteiger partial charge is 0.275 e. The molecular formula is C21H27F2N3O2. The van der Waals surface area contributed by atoms with Gasteiger partial charge in [-0.15, -0.1) is 0 Å². The van der Waals surface area contributed by atoms with Crippen LogP contribution in [0, 0.1) is 17.6 Å². The van der Waals surface area contributed by atoms with Gasteiger partial charge < -0.3 is 9.32 Å². The number of oxazole rings is 1. The molecule has 0 spiro atoms. The molecule has 0 bridgehead atoms. The summed E-state index contributed by atoms with van der Waals surface area (Å²) in [6.45, 7) is 8.34. The molecule has 1 aromatic heterocycles. The summed E-state index contributed by atoms with van der Waals surface area (Å²) in [5.74, 6) is -0.553. The highest BCUT2D eigenvalue weighted by Gasteiger charge is 2.25. The highest BCUT2D eigenvalue weighted by atomic mass is 19.1. The van der Waals surface area contributed by atoms with Crippen LogP contribution in [-0.2, 0) is 13.1 Å². The summed E-state index contributed by atoms with van der Waals surface area (Å²) in [4.78, 5) is 20.6. The Morgan fingerprint density at radius 3 is 2.57 bits per heavy atom. The molecule has 1 atom stereocenters. The van der Waals surface area contributed by atoms with E-state index in [1.54, 1.807) is 4.90 Å². The lowest BCUT2D eigenvalue weighted by molar-refractivity contribution is 0.0786. The van der Waals surface area contributed by atoms with Crippen molar-refractivity contribution in [2.75, 3.05) is 13.1 Å². The standard InChI is InChI=1S/C21H27F2N3O2/c1-14(2)15(3)26(11-16-6-7-17(22)10-18(16)23)12-20-24-19(13-28-20)21(27)25-8-4-5-9-25/h6-7,10,13-15H,4-5,8-9,11-12H2,1-3H3. The van der Waals surface area contributed by atoms with Crippen molar-refractivity contribution < 1.29 is 18.0 Å². The normalized spacial score (nSPS) is 15.6. The Morgan fingerprint density at radius 1 is 1.21 bits per heavy atom. The number of rotatable bonds is 7. The topological polar surface area (TPSA) is 49.6 Å². The fourth-order valence-corrected chi connectivity index (χ4v) is 3.37. The van der Waals surface area contributed by atoms with E-state index in [2.05, 4.69) is 18.8 Å². The first kappa shape index (κ1) is 20.5. The molecule has 28 heavy (non-hydrogen) atoms. The first-order chi connectivity index (χ1) is 13.3. The molecular weight excluding hydrogens is 364 g/mol. The van der Waals surface area contributed by atoms with Crippen molar-refractivity contribution in [2.24, 2.45) is 5.92 Å². The molecule has 0 N–H and O–H groups in total. The zero-order chi connectivity index (χ0) is 20.3. The van der Waals surface area contributed by atoms with Crippen LogP contribution in [0.15, 0.2) is 28.9 Å². The molecule has 7 heteroatoms. The summed E-state index contributed by atoms with van der Waals surface area (Å²) in [7, 11) is 0. The zero-order valence-electron chi connectivity index (χ0n) is 16.6. The lowest BCUT2D eigenvalue weighted by Crippen LogP contribution is -2.36. The second-order valence-corrected chi connectivity index (χ2v) is 7.75. The number of hydrogen-bond donors (Lipinski definition) is 0. The van der Waals surface area contributed by atoms with Gasteiger partial charge in [0.15, 0.2) is 5.69 Å². The molecule has 3 rings (SSSR count). The van der Waals surface area contributed by atoms with E-state index in [-0.39, 0.29) is 11.9 Å². The number of amides is 1. The van der Waals surface area contributed by atoms with Gasteiger partial charge in [-0.05, 0) is 31.7 Å². The van der Waals surface area contributed by atoms with Gasteiger partial charge in [-0.3, -0.25) is 9.69 Å². The molecule has 2 heterocycles. The third kappa shape index (κ3) is 4.76. The Bertz CT molecular complexity index is 816. The van der Waals surface area contributed by atoms with E-state index in [1.165, 1.54) is 18.4 Å². The number of aromatic nitrogens is 1. The molecule has 5 nitrogen and oxygen atoms in total. The number of benzene rings is 1. The quantitative estimate of drug-likeness (QED) is 0.709. The van der Waals surface area contributed by atoms with E-state index in [1.807, 2.05) is 11.8 Å². The van der Waals surface area contributed by atoms with Gasteiger partial charge in [-0.25, -0.2) is 13.8 Å². The van der Waals surface area contributed by atoms with Crippen LogP contribution < -0.4 is 0 Å². The molecule has 0 radical (unpaired) electrons. The lowest BCUT2D eigenvalue weighted by atomic mass is 10.0. The van der Waals surface area contributed by atoms with Crippen molar-refractivity contribution in [3.8, 4) is 0 Å². The molecule has 0 saturated carbocycles. The number of halogens is 2. The third-order valence-corrected chi connectivity index (χ3v) is 5.43. The third-order valence-electron chi connectivity index (χ3n) is 5.43. The average molecular weight is 391 g/mol. The minimum absolute atomic E-state index is 0.106. The Balaban J connectivity index is 1.75. The van der Waals surface area contributed by atoms with Crippen molar-refractivity contribution in [2.45, 2.75) is 52.7 Å². The minimum Gasteiger partial charge on any atom is -0.447 e. The fourth-order valence-electron chi connectivity index (χ4n) is 3.37. The largest absolute Gasteiger partial charge is 0.447 e. The molecule has 1 fully saturated rings. The van der Waals surface area contributed by atoms with Crippen molar-refractivity contribution in [3.05, 3.63) is 53.2 Å². The maximum Gasteiger partial charge on any atom is 0.275 e. The van der Waals surface area contributed by atoms with E-state index >= 15 is 0 Å².